The molecule has 0 bridgehead atoms. The number of aryl methyl sites for hydroxylation is 2. The third-order valence-electron chi connectivity index (χ3n) is 2.55. The maximum Gasteiger partial charge on any atom is 0.170 e. The Morgan fingerprint density at radius 1 is 0.882 bits per heavy atom. The van der Waals surface area contributed by atoms with Gasteiger partial charge in [-0.15, -0.1) is 0 Å². The molecule has 0 aliphatic rings. The average Bonchev–Trinajstić information content (AvgIpc) is 2.39. The van der Waals surface area contributed by atoms with Crippen LogP contribution in [0.15, 0.2) is 59.0 Å². The smallest absolute Gasteiger partial charge is 0.170 e. The van der Waals surface area contributed by atoms with Gasteiger partial charge in [-0.05, 0) is 26.0 Å². The van der Waals surface area contributed by atoms with E-state index in [1.165, 1.54) is 5.56 Å². The number of hydrogen-bond donors (Lipinski definition) is 0. The van der Waals surface area contributed by atoms with E-state index in [1.54, 1.807) is 0 Å². The number of nitrogens with zero attached hydrogens (tertiary/aromatic N) is 3. The molecule has 2 aromatic rings. The van der Waals surface area contributed by atoms with Gasteiger partial charge in [-0.1, -0.05) is 17.7 Å². The first-order valence-electron chi connectivity index (χ1n) is 5.75. The lowest BCUT2D eigenvalue weighted by Gasteiger charge is -1.94. The third-order valence-corrected chi connectivity index (χ3v) is 2.55. The van der Waals surface area contributed by atoms with Gasteiger partial charge < -0.3 is 0 Å². The summed E-state index contributed by atoms with van der Waals surface area (Å²) in [5.74, 6) is 0. The Kier molecular flexibility index (Phi) is 3.60. The van der Waals surface area contributed by atoms with Crippen molar-refractivity contribution in [2.75, 3.05) is 0 Å². The Morgan fingerprint density at radius 3 is 1.94 bits per heavy atom. The summed E-state index contributed by atoms with van der Waals surface area (Å²) in [4.78, 5) is 0. The van der Waals surface area contributed by atoms with E-state index in [1.807, 2.05) is 48.8 Å². The molecule has 3 heteroatoms. The Balaban J connectivity index is 2.11. The molecule has 0 aliphatic heterocycles. The van der Waals surface area contributed by atoms with Crippen molar-refractivity contribution in [1.82, 2.24) is 0 Å². The number of hydrogen-bond acceptors (Lipinski definition) is 2. The van der Waals surface area contributed by atoms with E-state index in [4.69, 9.17) is 0 Å². The van der Waals surface area contributed by atoms with Gasteiger partial charge in [-0.3, -0.25) is 0 Å². The third kappa shape index (κ3) is 3.21. The average molecular weight is 226 g/mol. The first-order valence-corrected chi connectivity index (χ1v) is 5.75. The summed E-state index contributed by atoms with van der Waals surface area (Å²) < 4.78 is 2.09. The van der Waals surface area contributed by atoms with Gasteiger partial charge in [0.15, 0.2) is 12.4 Å². The van der Waals surface area contributed by atoms with E-state index >= 15 is 0 Å². The van der Waals surface area contributed by atoms with Crippen LogP contribution in [0.5, 0.6) is 0 Å². The summed E-state index contributed by atoms with van der Waals surface area (Å²) >= 11 is 0. The molecule has 0 unspecified atom stereocenters. The van der Waals surface area contributed by atoms with Crippen LogP contribution in [0.4, 0.5) is 11.4 Å². The van der Waals surface area contributed by atoms with Crippen molar-refractivity contribution in [3.8, 4) is 0 Å². The molecular formula is C14H16N3+. The van der Waals surface area contributed by atoms with Crippen molar-refractivity contribution in [2.45, 2.75) is 20.4 Å². The summed E-state index contributed by atoms with van der Waals surface area (Å²) in [6.45, 7) is 5.13. The fourth-order valence-corrected chi connectivity index (χ4v) is 1.45. The van der Waals surface area contributed by atoms with E-state index < -0.39 is 0 Å². The van der Waals surface area contributed by atoms with Crippen molar-refractivity contribution in [2.24, 2.45) is 10.2 Å². The van der Waals surface area contributed by atoms with E-state index in [2.05, 4.69) is 28.6 Å². The predicted octanol–water partition coefficient (Wildman–Crippen LogP) is 3.72. The highest BCUT2D eigenvalue weighted by Gasteiger charge is 1.96. The van der Waals surface area contributed by atoms with Gasteiger partial charge in [0.05, 0.1) is 11.4 Å². The fraction of sp³-hybridized carbons (Fsp3) is 0.214. The zero-order chi connectivity index (χ0) is 12.1. The molecule has 0 saturated carbocycles. The van der Waals surface area contributed by atoms with Crippen LogP contribution in [0.1, 0.15) is 12.5 Å². The molecule has 0 saturated heterocycles. The van der Waals surface area contributed by atoms with Crippen LogP contribution >= 0.6 is 0 Å². The molecule has 86 valence electrons. The van der Waals surface area contributed by atoms with Gasteiger partial charge >= 0.3 is 0 Å². The molecule has 0 aliphatic carbocycles. The number of rotatable bonds is 3. The Labute approximate surface area is 101 Å². The van der Waals surface area contributed by atoms with Gasteiger partial charge in [0.1, 0.15) is 6.54 Å². The first-order chi connectivity index (χ1) is 8.28. The van der Waals surface area contributed by atoms with Gasteiger partial charge in [0, 0.05) is 12.1 Å². The van der Waals surface area contributed by atoms with Crippen LogP contribution < -0.4 is 4.57 Å². The minimum absolute atomic E-state index is 0.871. The summed E-state index contributed by atoms with van der Waals surface area (Å²) in [6, 6.07) is 11.9. The molecular weight excluding hydrogens is 210 g/mol. The molecule has 3 nitrogen and oxygen atoms in total. The van der Waals surface area contributed by atoms with Crippen molar-refractivity contribution in [3.63, 3.8) is 0 Å². The van der Waals surface area contributed by atoms with Crippen molar-refractivity contribution in [1.29, 1.82) is 0 Å². The topological polar surface area (TPSA) is 28.6 Å². The zero-order valence-electron chi connectivity index (χ0n) is 10.2. The van der Waals surface area contributed by atoms with Crippen molar-refractivity contribution < 1.29 is 4.57 Å². The molecule has 2 rings (SSSR count). The molecule has 0 atom stereocenters. The van der Waals surface area contributed by atoms with Crippen LogP contribution in [-0.4, -0.2) is 0 Å². The summed E-state index contributed by atoms with van der Waals surface area (Å²) in [7, 11) is 0. The minimum atomic E-state index is 0.871. The number of azo groups is 1. The van der Waals surface area contributed by atoms with Crippen molar-refractivity contribution in [3.05, 3.63) is 54.4 Å². The molecule has 0 N–H and O–H groups in total. The van der Waals surface area contributed by atoms with Crippen LogP contribution in [-0.2, 0) is 6.54 Å². The standard InChI is InChI=1S/C14H16N3/c1-3-17-10-8-14(9-11-17)16-15-13-6-4-12(2)5-7-13/h4-11H,3H2,1-2H3/q+1. The molecule has 0 spiro atoms. The Bertz CT molecular complexity index is 498. The number of benzene rings is 1. The fourth-order valence-electron chi connectivity index (χ4n) is 1.45. The zero-order valence-corrected chi connectivity index (χ0v) is 10.2. The highest BCUT2D eigenvalue weighted by Crippen LogP contribution is 2.17. The largest absolute Gasteiger partial charge is 0.205 e. The van der Waals surface area contributed by atoms with Gasteiger partial charge in [0.2, 0.25) is 0 Å². The Hall–Kier alpha value is -2.03. The molecule has 1 aromatic carbocycles. The molecule has 0 radical (unpaired) electrons. The van der Waals surface area contributed by atoms with E-state index in [-0.39, 0.29) is 0 Å². The van der Waals surface area contributed by atoms with Crippen LogP contribution in [0.25, 0.3) is 0 Å². The van der Waals surface area contributed by atoms with Crippen LogP contribution in [0.3, 0.4) is 0 Å². The molecule has 0 amide bonds. The second-order valence-electron chi connectivity index (χ2n) is 3.92. The normalized spacial score (nSPS) is 10.9. The van der Waals surface area contributed by atoms with Crippen LogP contribution in [0.2, 0.25) is 0 Å². The highest BCUT2D eigenvalue weighted by atomic mass is 15.1. The maximum atomic E-state index is 4.19. The maximum absolute atomic E-state index is 4.19. The molecule has 1 aromatic heterocycles. The monoisotopic (exact) mass is 226 g/mol. The van der Waals surface area contributed by atoms with Crippen molar-refractivity contribution >= 4 is 11.4 Å². The minimum Gasteiger partial charge on any atom is -0.205 e. The quantitative estimate of drug-likeness (QED) is 0.564. The lowest BCUT2D eigenvalue weighted by atomic mass is 10.2. The molecule has 1 heterocycles. The van der Waals surface area contributed by atoms with E-state index in [0.717, 1.165) is 17.9 Å². The van der Waals surface area contributed by atoms with E-state index in [9.17, 15) is 0 Å². The number of pyridine rings is 1. The second kappa shape index (κ2) is 5.34. The number of aromatic nitrogens is 1. The lowest BCUT2D eigenvalue weighted by Crippen LogP contribution is -2.30. The molecule has 0 fully saturated rings. The first kappa shape index (κ1) is 11.5. The lowest BCUT2D eigenvalue weighted by molar-refractivity contribution is -0.693. The van der Waals surface area contributed by atoms with Crippen LogP contribution in [0, 0.1) is 6.92 Å². The molecule has 17 heavy (non-hydrogen) atoms. The van der Waals surface area contributed by atoms with Gasteiger partial charge in [-0.2, -0.15) is 10.2 Å². The second-order valence-corrected chi connectivity index (χ2v) is 3.92. The highest BCUT2D eigenvalue weighted by molar-refractivity contribution is 5.39. The van der Waals surface area contributed by atoms with Gasteiger partial charge in [-0.25, -0.2) is 4.57 Å². The summed E-state index contributed by atoms with van der Waals surface area (Å²) in [5.41, 5.74) is 2.98. The van der Waals surface area contributed by atoms with E-state index in [0.29, 0.717) is 0 Å². The summed E-state index contributed by atoms with van der Waals surface area (Å²) in [5, 5.41) is 8.38. The predicted molar refractivity (Wildman–Crippen MR) is 67.7 cm³/mol. The SMILES string of the molecule is CC[n+]1ccc(N=Nc2ccc(C)cc2)cc1. The summed E-state index contributed by atoms with van der Waals surface area (Å²) in [6.07, 6.45) is 4.01. The Morgan fingerprint density at radius 2 is 1.41 bits per heavy atom. The van der Waals surface area contributed by atoms with Gasteiger partial charge in [0.25, 0.3) is 0 Å².